The number of esters is 2. The maximum absolute atomic E-state index is 13.0. The van der Waals surface area contributed by atoms with Gasteiger partial charge in [-0.3, -0.25) is 0 Å². The highest BCUT2D eigenvalue weighted by Crippen LogP contribution is 2.41. The number of benzene rings is 2. The molecular weight excluding hydrogens is 400 g/mol. The van der Waals surface area contributed by atoms with E-state index in [4.69, 9.17) is 14.2 Å². The molecular formula is C24H26O5S. The van der Waals surface area contributed by atoms with Crippen LogP contribution >= 0.6 is 11.8 Å². The van der Waals surface area contributed by atoms with Crippen molar-refractivity contribution in [1.82, 2.24) is 0 Å². The summed E-state index contributed by atoms with van der Waals surface area (Å²) >= 11 is 1.16. The number of hydrogen-bond acceptors (Lipinski definition) is 6. The lowest BCUT2D eigenvalue weighted by Gasteiger charge is -2.27. The smallest absolute Gasteiger partial charge is 0.334 e. The predicted octanol–water partition coefficient (Wildman–Crippen LogP) is 4.73. The van der Waals surface area contributed by atoms with Gasteiger partial charge in [0.25, 0.3) is 0 Å². The molecule has 0 spiro atoms. The number of ether oxygens (including phenoxy) is 3. The fourth-order valence-electron chi connectivity index (χ4n) is 3.11. The van der Waals surface area contributed by atoms with Crippen molar-refractivity contribution in [1.29, 1.82) is 0 Å². The molecule has 0 aromatic heterocycles. The average molecular weight is 427 g/mol. The summed E-state index contributed by atoms with van der Waals surface area (Å²) in [5, 5.41) is 0. The van der Waals surface area contributed by atoms with Crippen molar-refractivity contribution < 1.29 is 23.8 Å². The van der Waals surface area contributed by atoms with Gasteiger partial charge in [0.15, 0.2) is 0 Å². The van der Waals surface area contributed by atoms with Crippen molar-refractivity contribution in [3.8, 4) is 0 Å². The van der Waals surface area contributed by atoms with Gasteiger partial charge in [-0.05, 0) is 31.5 Å². The van der Waals surface area contributed by atoms with E-state index in [1.807, 2.05) is 72.8 Å². The minimum Gasteiger partial charge on any atom is -0.464 e. The molecule has 2 aromatic rings. The van der Waals surface area contributed by atoms with Crippen LogP contribution < -0.4 is 0 Å². The van der Waals surface area contributed by atoms with Gasteiger partial charge >= 0.3 is 11.9 Å². The monoisotopic (exact) mass is 426 g/mol. The Labute approximate surface area is 181 Å². The van der Waals surface area contributed by atoms with Gasteiger partial charge in [0.2, 0.25) is 4.75 Å². The van der Waals surface area contributed by atoms with Crippen molar-refractivity contribution >= 4 is 23.7 Å². The first-order chi connectivity index (χ1) is 14.6. The molecule has 0 bridgehead atoms. The Balaban J connectivity index is 1.80. The van der Waals surface area contributed by atoms with Gasteiger partial charge in [0.1, 0.15) is 12.2 Å². The number of carbonyl (C=O) groups excluding carboxylic acids is 2. The molecule has 0 saturated carbocycles. The molecule has 1 aliphatic heterocycles. The fourth-order valence-corrected chi connectivity index (χ4v) is 4.27. The van der Waals surface area contributed by atoms with Crippen LogP contribution in [0.5, 0.6) is 0 Å². The van der Waals surface area contributed by atoms with Crippen LogP contribution in [0.2, 0.25) is 0 Å². The third-order valence-electron chi connectivity index (χ3n) is 4.63. The van der Waals surface area contributed by atoms with E-state index in [1.165, 1.54) is 0 Å². The van der Waals surface area contributed by atoms with E-state index in [0.717, 1.165) is 22.2 Å². The number of rotatable bonds is 10. The van der Waals surface area contributed by atoms with Gasteiger partial charge in [0, 0.05) is 11.3 Å². The lowest BCUT2D eigenvalue weighted by atomic mass is 10.0. The van der Waals surface area contributed by atoms with Crippen molar-refractivity contribution in [3.05, 3.63) is 78.4 Å². The summed E-state index contributed by atoms with van der Waals surface area (Å²) < 4.78 is 14.8. The van der Waals surface area contributed by atoms with Crippen molar-refractivity contribution in [2.75, 3.05) is 13.2 Å². The van der Waals surface area contributed by atoms with Crippen molar-refractivity contribution in [2.24, 2.45) is 0 Å². The molecule has 1 fully saturated rings. The Kier molecular flexibility index (Phi) is 7.71. The van der Waals surface area contributed by atoms with Gasteiger partial charge in [0.05, 0.1) is 13.2 Å². The van der Waals surface area contributed by atoms with Gasteiger partial charge < -0.3 is 14.2 Å². The molecule has 2 atom stereocenters. The number of epoxide rings is 1. The molecule has 30 heavy (non-hydrogen) atoms. The maximum atomic E-state index is 13.0. The molecule has 1 saturated heterocycles. The van der Waals surface area contributed by atoms with Gasteiger partial charge in [-0.25, -0.2) is 9.59 Å². The van der Waals surface area contributed by atoms with E-state index in [-0.39, 0.29) is 31.8 Å². The number of allylic oxidation sites excluding steroid dienone is 1. The zero-order valence-corrected chi connectivity index (χ0v) is 18.0. The second-order valence-corrected chi connectivity index (χ2v) is 8.12. The van der Waals surface area contributed by atoms with E-state index in [9.17, 15) is 9.59 Å². The molecule has 3 rings (SSSR count). The SMILES string of the molecule is CCOC(=O)C(C/C=C/C1OC1c1ccccc1)(Sc1ccccc1)C(=O)OCC. The Hall–Kier alpha value is -2.57. The number of carbonyl (C=O) groups is 2. The van der Waals surface area contributed by atoms with E-state index in [1.54, 1.807) is 13.8 Å². The first kappa shape index (κ1) is 22.1. The third-order valence-corrected chi connectivity index (χ3v) is 5.99. The summed E-state index contributed by atoms with van der Waals surface area (Å²) in [6, 6.07) is 19.3. The van der Waals surface area contributed by atoms with E-state index < -0.39 is 16.7 Å². The largest absolute Gasteiger partial charge is 0.464 e. The molecule has 1 aliphatic rings. The first-order valence-corrected chi connectivity index (χ1v) is 10.9. The van der Waals surface area contributed by atoms with E-state index in [2.05, 4.69) is 0 Å². The Morgan fingerprint density at radius 2 is 1.53 bits per heavy atom. The maximum Gasteiger partial charge on any atom is 0.334 e. The summed E-state index contributed by atoms with van der Waals surface area (Å²) in [6.45, 7) is 3.81. The minimum atomic E-state index is -1.51. The summed E-state index contributed by atoms with van der Waals surface area (Å²) in [6.07, 6.45) is 3.79. The topological polar surface area (TPSA) is 65.1 Å². The predicted molar refractivity (Wildman–Crippen MR) is 116 cm³/mol. The van der Waals surface area contributed by atoms with Crippen LogP contribution in [0.15, 0.2) is 77.7 Å². The van der Waals surface area contributed by atoms with E-state index in [0.29, 0.717) is 0 Å². The van der Waals surface area contributed by atoms with Crippen molar-refractivity contribution in [3.63, 3.8) is 0 Å². The van der Waals surface area contributed by atoms with Crippen LogP contribution in [0, 0.1) is 0 Å². The molecule has 0 amide bonds. The fraction of sp³-hybridized carbons (Fsp3) is 0.333. The quantitative estimate of drug-likeness (QED) is 0.180. The number of hydrogen-bond donors (Lipinski definition) is 0. The zero-order valence-electron chi connectivity index (χ0n) is 17.2. The van der Waals surface area contributed by atoms with Crippen LogP contribution in [0.25, 0.3) is 0 Å². The second kappa shape index (κ2) is 10.5. The lowest BCUT2D eigenvalue weighted by Crippen LogP contribution is -2.45. The minimum absolute atomic E-state index is 0.00353. The summed E-state index contributed by atoms with van der Waals surface area (Å²) in [4.78, 5) is 26.7. The molecule has 0 aliphatic carbocycles. The molecule has 5 nitrogen and oxygen atoms in total. The van der Waals surface area contributed by atoms with Crippen LogP contribution in [0.1, 0.15) is 31.9 Å². The highest BCUT2D eigenvalue weighted by Gasteiger charge is 2.49. The Morgan fingerprint density at radius 3 is 2.10 bits per heavy atom. The van der Waals surface area contributed by atoms with Crippen LogP contribution in [-0.4, -0.2) is 36.0 Å². The zero-order chi connectivity index (χ0) is 21.4. The van der Waals surface area contributed by atoms with Crippen LogP contribution in [-0.2, 0) is 23.8 Å². The van der Waals surface area contributed by atoms with E-state index >= 15 is 0 Å². The van der Waals surface area contributed by atoms with Crippen LogP contribution in [0.4, 0.5) is 0 Å². The standard InChI is InChI=1S/C24H26O5S/c1-3-27-22(25)24(23(26)28-4-2,30-19-14-9-6-10-15-19)17-11-16-20-21(29-20)18-12-7-5-8-13-18/h5-16,20-21H,3-4,17H2,1-2H3/b16-11+. The van der Waals surface area contributed by atoms with Gasteiger partial charge in [-0.15, -0.1) is 0 Å². The molecule has 1 heterocycles. The van der Waals surface area contributed by atoms with Crippen LogP contribution in [0.3, 0.4) is 0 Å². The van der Waals surface area contributed by atoms with Gasteiger partial charge in [-0.2, -0.15) is 0 Å². The normalized spacial score (nSPS) is 18.2. The third kappa shape index (κ3) is 5.32. The summed E-state index contributed by atoms with van der Waals surface area (Å²) in [7, 11) is 0. The molecule has 2 aromatic carbocycles. The summed E-state index contributed by atoms with van der Waals surface area (Å²) in [5.41, 5.74) is 1.10. The summed E-state index contributed by atoms with van der Waals surface area (Å²) in [5.74, 6) is -1.20. The molecule has 158 valence electrons. The second-order valence-electron chi connectivity index (χ2n) is 6.75. The van der Waals surface area contributed by atoms with Gasteiger partial charge in [-0.1, -0.05) is 72.4 Å². The molecule has 0 radical (unpaired) electrons. The Bertz CT molecular complexity index is 848. The number of thioether (sulfide) groups is 1. The average Bonchev–Trinajstić information content (AvgIpc) is 3.54. The lowest BCUT2D eigenvalue weighted by molar-refractivity contribution is -0.158. The van der Waals surface area contributed by atoms with Crippen molar-refractivity contribution in [2.45, 2.75) is 42.1 Å². The highest BCUT2D eigenvalue weighted by molar-refractivity contribution is 8.02. The molecule has 6 heteroatoms. The molecule has 0 N–H and O–H groups in total. The highest BCUT2D eigenvalue weighted by atomic mass is 32.2. The Morgan fingerprint density at radius 1 is 0.967 bits per heavy atom. The molecule has 2 unspecified atom stereocenters. The first-order valence-electron chi connectivity index (χ1n) is 10.1.